The van der Waals surface area contributed by atoms with Crippen LogP contribution < -0.4 is 10.6 Å². The van der Waals surface area contributed by atoms with E-state index >= 15 is 0 Å². The maximum Gasteiger partial charge on any atom is 0.251 e. The lowest BCUT2D eigenvalue weighted by Gasteiger charge is -2.10. The fourth-order valence-corrected chi connectivity index (χ4v) is 1.70. The molecule has 2 amide bonds. The first kappa shape index (κ1) is 14.5. The topological polar surface area (TPSA) is 78.4 Å². The number of carbonyl (C=O) groups excluding carboxylic acids is 2. The largest absolute Gasteiger partial charge is 0.396 e. The third-order valence-electron chi connectivity index (χ3n) is 3.24. The van der Waals surface area contributed by atoms with Crippen molar-refractivity contribution in [3.8, 4) is 0 Å². The first-order valence-corrected chi connectivity index (χ1v) is 6.90. The van der Waals surface area contributed by atoms with Gasteiger partial charge in [0.1, 0.15) is 0 Å². The van der Waals surface area contributed by atoms with Crippen LogP contribution in [0, 0.1) is 5.92 Å². The summed E-state index contributed by atoms with van der Waals surface area (Å²) in [4.78, 5) is 23.6. The molecule has 0 heterocycles. The van der Waals surface area contributed by atoms with Crippen molar-refractivity contribution in [3.05, 3.63) is 35.4 Å². The molecular formula is C15H20N2O3. The van der Waals surface area contributed by atoms with Gasteiger partial charge in [0.2, 0.25) is 0 Å². The zero-order valence-electron chi connectivity index (χ0n) is 11.6. The van der Waals surface area contributed by atoms with E-state index in [2.05, 4.69) is 10.6 Å². The number of benzene rings is 1. The summed E-state index contributed by atoms with van der Waals surface area (Å²) in [7, 11) is 0. The molecule has 1 atom stereocenters. The Morgan fingerprint density at radius 1 is 1.20 bits per heavy atom. The highest BCUT2D eigenvalue weighted by Gasteiger charge is 2.23. The molecule has 1 unspecified atom stereocenters. The highest BCUT2D eigenvalue weighted by molar-refractivity contribution is 5.97. The van der Waals surface area contributed by atoms with E-state index in [9.17, 15) is 9.59 Å². The van der Waals surface area contributed by atoms with E-state index in [1.807, 2.05) is 6.92 Å². The second-order valence-electron chi connectivity index (χ2n) is 5.32. The lowest BCUT2D eigenvalue weighted by molar-refractivity contribution is 0.0933. The molecule has 2 rings (SSSR count). The van der Waals surface area contributed by atoms with E-state index in [0.29, 0.717) is 23.7 Å². The smallest absolute Gasteiger partial charge is 0.251 e. The predicted molar refractivity (Wildman–Crippen MR) is 75.5 cm³/mol. The van der Waals surface area contributed by atoms with Gasteiger partial charge >= 0.3 is 0 Å². The molecule has 5 heteroatoms. The van der Waals surface area contributed by atoms with Crippen LogP contribution in [0.4, 0.5) is 0 Å². The maximum absolute atomic E-state index is 11.8. The fraction of sp³-hybridized carbons (Fsp3) is 0.467. The molecule has 5 nitrogen and oxygen atoms in total. The summed E-state index contributed by atoms with van der Waals surface area (Å²) < 4.78 is 0. The Morgan fingerprint density at radius 2 is 1.75 bits per heavy atom. The normalized spacial score (nSPS) is 15.5. The molecule has 0 spiro atoms. The Bertz CT molecular complexity index is 480. The lowest BCUT2D eigenvalue weighted by Crippen LogP contribution is -2.29. The van der Waals surface area contributed by atoms with E-state index in [1.54, 1.807) is 24.3 Å². The summed E-state index contributed by atoms with van der Waals surface area (Å²) >= 11 is 0. The number of hydrogen-bond donors (Lipinski definition) is 3. The summed E-state index contributed by atoms with van der Waals surface area (Å²) in [6.45, 7) is 2.32. The Labute approximate surface area is 118 Å². The predicted octanol–water partition coefficient (Wildman–Crippen LogP) is 0.937. The van der Waals surface area contributed by atoms with Crippen molar-refractivity contribution in [2.75, 3.05) is 13.2 Å². The van der Waals surface area contributed by atoms with Crippen LogP contribution in [0.2, 0.25) is 0 Å². The lowest BCUT2D eigenvalue weighted by atomic mass is 10.1. The molecule has 1 aliphatic rings. The molecule has 0 aliphatic heterocycles. The number of amides is 2. The van der Waals surface area contributed by atoms with Crippen molar-refractivity contribution in [3.63, 3.8) is 0 Å². The van der Waals surface area contributed by atoms with Crippen LogP contribution in [0.5, 0.6) is 0 Å². The fourth-order valence-electron chi connectivity index (χ4n) is 1.70. The van der Waals surface area contributed by atoms with Crippen molar-refractivity contribution in [1.82, 2.24) is 10.6 Å². The molecule has 3 N–H and O–H groups in total. The molecule has 0 saturated heterocycles. The molecular weight excluding hydrogens is 256 g/mol. The average Bonchev–Trinajstić information content (AvgIpc) is 3.28. The minimum atomic E-state index is -0.195. The van der Waals surface area contributed by atoms with Crippen LogP contribution in [0.15, 0.2) is 24.3 Å². The van der Waals surface area contributed by atoms with Gasteiger partial charge in [0, 0.05) is 30.3 Å². The number of nitrogens with one attached hydrogen (secondary N) is 2. The van der Waals surface area contributed by atoms with E-state index in [4.69, 9.17) is 5.11 Å². The first-order valence-electron chi connectivity index (χ1n) is 6.90. The van der Waals surface area contributed by atoms with E-state index in [1.165, 1.54) is 0 Å². The Hall–Kier alpha value is -1.88. The van der Waals surface area contributed by atoms with Crippen molar-refractivity contribution >= 4 is 11.8 Å². The van der Waals surface area contributed by atoms with Crippen LogP contribution in [0.1, 0.15) is 40.5 Å². The molecule has 1 aromatic rings. The molecule has 0 aromatic heterocycles. The monoisotopic (exact) mass is 276 g/mol. The van der Waals surface area contributed by atoms with Crippen LogP contribution in [-0.4, -0.2) is 36.1 Å². The maximum atomic E-state index is 11.8. The molecule has 1 saturated carbocycles. The van der Waals surface area contributed by atoms with Gasteiger partial charge < -0.3 is 15.7 Å². The standard InChI is InChI=1S/C15H20N2O3/c1-10(9-18)8-16-14(19)11-2-4-12(5-3-11)15(20)17-13-6-7-13/h2-5,10,13,18H,6-9H2,1H3,(H,16,19)(H,17,20). The molecule has 0 bridgehead atoms. The summed E-state index contributed by atoms with van der Waals surface area (Å²) in [6.07, 6.45) is 2.10. The van der Waals surface area contributed by atoms with Gasteiger partial charge in [-0.25, -0.2) is 0 Å². The highest BCUT2D eigenvalue weighted by Crippen LogP contribution is 2.19. The summed E-state index contributed by atoms with van der Waals surface area (Å²) in [6, 6.07) is 6.91. The summed E-state index contributed by atoms with van der Waals surface area (Å²) in [5.74, 6) is -0.254. The zero-order chi connectivity index (χ0) is 14.5. The van der Waals surface area contributed by atoms with Gasteiger partial charge in [-0.15, -0.1) is 0 Å². The van der Waals surface area contributed by atoms with Gasteiger partial charge in [-0.3, -0.25) is 9.59 Å². The van der Waals surface area contributed by atoms with Crippen LogP contribution in [-0.2, 0) is 0 Å². The van der Waals surface area contributed by atoms with Gasteiger partial charge in [0.05, 0.1) is 0 Å². The zero-order valence-corrected chi connectivity index (χ0v) is 11.6. The van der Waals surface area contributed by atoms with Crippen LogP contribution in [0.25, 0.3) is 0 Å². The molecule has 108 valence electrons. The summed E-state index contributed by atoms with van der Waals surface area (Å²) in [5.41, 5.74) is 1.08. The van der Waals surface area contributed by atoms with Gasteiger partial charge in [-0.1, -0.05) is 6.92 Å². The number of aliphatic hydroxyl groups excluding tert-OH is 1. The summed E-state index contributed by atoms with van der Waals surface area (Å²) in [5, 5.41) is 14.5. The van der Waals surface area contributed by atoms with Crippen molar-refractivity contribution < 1.29 is 14.7 Å². The Morgan fingerprint density at radius 3 is 2.25 bits per heavy atom. The van der Waals surface area contributed by atoms with Crippen LogP contribution in [0.3, 0.4) is 0 Å². The second kappa shape index (κ2) is 6.52. The molecule has 20 heavy (non-hydrogen) atoms. The second-order valence-corrected chi connectivity index (χ2v) is 5.32. The van der Waals surface area contributed by atoms with Crippen molar-refractivity contribution in [1.29, 1.82) is 0 Å². The van der Waals surface area contributed by atoms with E-state index in [-0.39, 0.29) is 24.3 Å². The van der Waals surface area contributed by atoms with E-state index in [0.717, 1.165) is 12.8 Å². The Kier molecular flexibility index (Phi) is 4.74. The third-order valence-corrected chi connectivity index (χ3v) is 3.24. The molecule has 1 fully saturated rings. The molecule has 0 radical (unpaired) electrons. The minimum Gasteiger partial charge on any atom is -0.396 e. The van der Waals surface area contributed by atoms with Gasteiger partial charge in [-0.2, -0.15) is 0 Å². The highest BCUT2D eigenvalue weighted by atomic mass is 16.3. The van der Waals surface area contributed by atoms with Crippen molar-refractivity contribution in [2.24, 2.45) is 5.92 Å². The Balaban J connectivity index is 1.89. The number of hydrogen-bond acceptors (Lipinski definition) is 3. The first-order chi connectivity index (χ1) is 9.60. The van der Waals surface area contributed by atoms with Gasteiger partial charge in [0.25, 0.3) is 11.8 Å². The van der Waals surface area contributed by atoms with Gasteiger partial charge in [0.15, 0.2) is 0 Å². The quantitative estimate of drug-likeness (QED) is 0.723. The SMILES string of the molecule is CC(CO)CNC(=O)c1ccc(C(=O)NC2CC2)cc1. The number of carbonyl (C=O) groups is 2. The average molecular weight is 276 g/mol. The van der Waals surface area contributed by atoms with Gasteiger partial charge in [-0.05, 0) is 43.0 Å². The minimum absolute atomic E-state index is 0.0301. The third kappa shape index (κ3) is 4.06. The molecule has 1 aromatic carbocycles. The van der Waals surface area contributed by atoms with E-state index < -0.39 is 0 Å². The van der Waals surface area contributed by atoms with Crippen LogP contribution >= 0.6 is 0 Å². The number of aliphatic hydroxyl groups is 1. The number of rotatable bonds is 6. The molecule has 1 aliphatic carbocycles. The van der Waals surface area contributed by atoms with Crippen molar-refractivity contribution in [2.45, 2.75) is 25.8 Å².